The summed E-state index contributed by atoms with van der Waals surface area (Å²) in [6.07, 6.45) is 1.99. The van der Waals surface area contributed by atoms with E-state index in [1.54, 1.807) is 19.2 Å². The van der Waals surface area contributed by atoms with Gasteiger partial charge in [0.2, 0.25) is 0 Å². The highest BCUT2D eigenvalue weighted by atomic mass is 79.9. The SMILES string of the molecule is CNC(C#N)(COc1cccc([N+](=O)[O-])c1Br)C1CC1. The number of hydrogen-bond acceptors (Lipinski definition) is 5. The zero-order valence-electron chi connectivity index (χ0n) is 10.9. The quantitative estimate of drug-likeness (QED) is 0.635. The number of nitro benzene ring substituents is 1. The van der Waals surface area contributed by atoms with E-state index in [0.29, 0.717) is 10.2 Å². The third kappa shape index (κ3) is 2.76. The molecule has 106 valence electrons. The second-order valence-corrected chi connectivity index (χ2v) is 5.54. The minimum Gasteiger partial charge on any atom is -0.489 e. The van der Waals surface area contributed by atoms with Gasteiger partial charge in [-0.3, -0.25) is 15.4 Å². The van der Waals surface area contributed by atoms with E-state index in [4.69, 9.17) is 4.74 Å². The van der Waals surface area contributed by atoms with Crippen molar-refractivity contribution in [1.29, 1.82) is 5.26 Å². The Labute approximate surface area is 125 Å². The predicted molar refractivity (Wildman–Crippen MR) is 76.4 cm³/mol. The van der Waals surface area contributed by atoms with Crippen LogP contribution < -0.4 is 10.1 Å². The van der Waals surface area contributed by atoms with Gasteiger partial charge in [0.15, 0.2) is 0 Å². The van der Waals surface area contributed by atoms with Crippen molar-refractivity contribution in [1.82, 2.24) is 5.32 Å². The maximum Gasteiger partial charge on any atom is 0.287 e. The number of rotatable bonds is 6. The zero-order chi connectivity index (χ0) is 14.8. The third-order valence-corrected chi connectivity index (χ3v) is 4.31. The van der Waals surface area contributed by atoms with Crippen LogP contribution in [-0.2, 0) is 0 Å². The van der Waals surface area contributed by atoms with Crippen LogP contribution in [0.5, 0.6) is 5.75 Å². The first kappa shape index (κ1) is 14.8. The predicted octanol–water partition coefficient (Wildman–Crippen LogP) is 2.63. The monoisotopic (exact) mass is 339 g/mol. The van der Waals surface area contributed by atoms with Gasteiger partial charge in [-0.1, -0.05) is 6.07 Å². The summed E-state index contributed by atoms with van der Waals surface area (Å²) in [4.78, 5) is 10.4. The number of nitrogens with one attached hydrogen (secondary N) is 1. The molecule has 0 saturated heterocycles. The van der Waals surface area contributed by atoms with Crippen molar-refractivity contribution in [2.24, 2.45) is 5.92 Å². The molecule has 0 radical (unpaired) electrons. The molecule has 0 heterocycles. The molecule has 2 rings (SSSR count). The van der Waals surface area contributed by atoms with Gasteiger partial charge in [-0.25, -0.2) is 0 Å². The molecule has 1 aromatic rings. The Morgan fingerprint density at radius 3 is 2.85 bits per heavy atom. The van der Waals surface area contributed by atoms with Gasteiger partial charge in [0.1, 0.15) is 22.4 Å². The standard InChI is InChI=1S/C13H14BrN3O3/c1-16-13(7-15,9-5-6-9)8-20-11-4-2-3-10(12(11)14)17(18)19/h2-4,9,16H,5-6,8H2,1H3. The molecule has 1 aliphatic rings. The van der Waals surface area contributed by atoms with E-state index < -0.39 is 10.5 Å². The van der Waals surface area contributed by atoms with Crippen LogP contribution in [0, 0.1) is 27.4 Å². The Hall–Kier alpha value is -1.65. The Morgan fingerprint density at radius 2 is 2.35 bits per heavy atom. The number of hydrogen-bond donors (Lipinski definition) is 1. The lowest BCUT2D eigenvalue weighted by atomic mass is 9.96. The molecule has 0 bridgehead atoms. The fourth-order valence-corrected chi connectivity index (χ4v) is 2.62. The van der Waals surface area contributed by atoms with Gasteiger partial charge in [-0.15, -0.1) is 0 Å². The minimum absolute atomic E-state index is 0.0547. The van der Waals surface area contributed by atoms with Gasteiger partial charge in [-0.2, -0.15) is 5.26 Å². The topological polar surface area (TPSA) is 88.2 Å². The summed E-state index contributed by atoms with van der Waals surface area (Å²) in [5.41, 5.74) is -0.787. The third-order valence-electron chi connectivity index (χ3n) is 3.51. The molecule has 6 nitrogen and oxygen atoms in total. The summed E-state index contributed by atoms with van der Waals surface area (Å²) in [6, 6.07) is 6.86. The first-order valence-corrected chi connectivity index (χ1v) is 6.99. The molecule has 7 heteroatoms. The lowest BCUT2D eigenvalue weighted by Gasteiger charge is -2.26. The second-order valence-electron chi connectivity index (χ2n) is 4.74. The second kappa shape index (κ2) is 5.77. The highest BCUT2D eigenvalue weighted by Crippen LogP contribution is 2.40. The lowest BCUT2D eigenvalue weighted by molar-refractivity contribution is -0.385. The first-order valence-electron chi connectivity index (χ1n) is 6.20. The molecule has 1 atom stereocenters. The van der Waals surface area contributed by atoms with Crippen molar-refractivity contribution in [3.8, 4) is 11.8 Å². The molecule has 1 fully saturated rings. The molecule has 0 aromatic heterocycles. The number of benzene rings is 1. The van der Waals surface area contributed by atoms with Crippen LogP contribution in [-0.4, -0.2) is 24.1 Å². The fraction of sp³-hybridized carbons (Fsp3) is 0.462. The fourth-order valence-electron chi connectivity index (χ4n) is 2.09. The summed E-state index contributed by atoms with van der Waals surface area (Å²) in [5.74, 6) is 0.643. The molecule has 1 aliphatic carbocycles. The smallest absolute Gasteiger partial charge is 0.287 e. The van der Waals surface area contributed by atoms with Gasteiger partial charge in [0.05, 0.1) is 11.0 Å². The van der Waals surface area contributed by atoms with Crippen molar-refractivity contribution in [2.75, 3.05) is 13.7 Å². The number of nitro groups is 1. The number of halogens is 1. The molecule has 20 heavy (non-hydrogen) atoms. The van der Waals surface area contributed by atoms with Crippen LogP contribution in [0.25, 0.3) is 0 Å². The number of likely N-dealkylation sites (N-methyl/N-ethyl adjacent to an activating group) is 1. The summed E-state index contributed by atoms with van der Waals surface area (Å²) in [6.45, 7) is 0.157. The van der Waals surface area contributed by atoms with E-state index in [1.807, 2.05) is 0 Å². The number of nitriles is 1. The molecule has 1 N–H and O–H groups in total. The van der Waals surface area contributed by atoms with E-state index in [2.05, 4.69) is 27.3 Å². The van der Waals surface area contributed by atoms with Gasteiger partial charge in [0, 0.05) is 6.07 Å². The van der Waals surface area contributed by atoms with Gasteiger partial charge < -0.3 is 4.74 Å². The van der Waals surface area contributed by atoms with E-state index in [9.17, 15) is 15.4 Å². The molecular weight excluding hydrogens is 326 g/mol. The summed E-state index contributed by atoms with van der Waals surface area (Å²) >= 11 is 3.18. The summed E-state index contributed by atoms with van der Waals surface area (Å²) in [7, 11) is 1.73. The zero-order valence-corrected chi connectivity index (χ0v) is 12.5. The first-order chi connectivity index (χ1) is 9.54. The number of nitrogens with zero attached hydrogens (tertiary/aromatic N) is 2. The van der Waals surface area contributed by atoms with Crippen LogP contribution in [0.4, 0.5) is 5.69 Å². The molecule has 0 aliphatic heterocycles. The average molecular weight is 340 g/mol. The molecule has 0 amide bonds. The van der Waals surface area contributed by atoms with Gasteiger partial charge in [-0.05, 0) is 47.8 Å². The summed E-state index contributed by atoms with van der Waals surface area (Å²) in [5, 5.41) is 23.2. The molecule has 1 saturated carbocycles. The largest absolute Gasteiger partial charge is 0.489 e. The molecule has 0 spiro atoms. The normalized spacial score (nSPS) is 17.1. The summed E-state index contributed by atoms with van der Waals surface area (Å²) < 4.78 is 5.94. The molecular formula is C13H14BrN3O3. The average Bonchev–Trinajstić information content (AvgIpc) is 3.27. The lowest BCUT2D eigenvalue weighted by Crippen LogP contribution is -2.49. The van der Waals surface area contributed by atoms with Crippen LogP contribution in [0.2, 0.25) is 0 Å². The maximum absolute atomic E-state index is 10.9. The van der Waals surface area contributed by atoms with Crippen LogP contribution >= 0.6 is 15.9 Å². The van der Waals surface area contributed by atoms with Crippen molar-refractivity contribution >= 4 is 21.6 Å². The van der Waals surface area contributed by atoms with E-state index >= 15 is 0 Å². The highest BCUT2D eigenvalue weighted by Gasteiger charge is 2.45. The Bertz CT molecular complexity index is 568. The van der Waals surface area contributed by atoms with Crippen molar-refractivity contribution in [2.45, 2.75) is 18.4 Å². The maximum atomic E-state index is 10.9. The van der Waals surface area contributed by atoms with Gasteiger partial charge in [0.25, 0.3) is 5.69 Å². The van der Waals surface area contributed by atoms with Gasteiger partial charge >= 0.3 is 0 Å². The number of ether oxygens (including phenoxy) is 1. The Morgan fingerprint density at radius 1 is 1.65 bits per heavy atom. The molecule has 1 aromatic carbocycles. The Kier molecular flexibility index (Phi) is 4.26. The van der Waals surface area contributed by atoms with E-state index in [0.717, 1.165) is 12.8 Å². The van der Waals surface area contributed by atoms with Crippen molar-refractivity contribution in [3.63, 3.8) is 0 Å². The Balaban J connectivity index is 2.17. The van der Waals surface area contributed by atoms with E-state index in [1.165, 1.54) is 6.07 Å². The van der Waals surface area contributed by atoms with Crippen molar-refractivity contribution in [3.05, 3.63) is 32.8 Å². The van der Waals surface area contributed by atoms with Crippen molar-refractivity contribution < 1.29 is 9.66 Å². The van der Waals surface area contributed by atoms with E-state index in [-0.39, 0.29) is 18.2 Å². The molecule has 1 unspecified atom stereocenters. The minimum atomic E-state index is -0.732. The highest BCUT2D eigenvalue weighted by molar-refractivity contribution is 9.10. The van der Waals surface area contributed by atoms with Crippen LogP contribution in [0.1, 0.15) is 12.8 Å². The van der Waals surface area contributed by atoms with Crippen LogP contribution in [0.15, 0.2) is 22.7 Å². The van der Waals surface area contributed by atoms with Crippen LogP contribution in [0.3, 0.4) is 0 Å².